The molecule has 0 heterocycles. The molecule has 0 aliphatic rings. The van der Waals surface area contributed by atoms with Gasteiger partial charge in [0.25, 0.3) is 0 Å². The van der Waals surface area contributed by atoms with Crippen LogP contribution in [0.3, 0.4) is 0 Å². The van der Waals surface area contributed by atoms with Gasteiger partial charge < -0.3 is 5.32 Å². The third-order valence-electron chi connectivity index (χ3n) is 3.57. The second kappa shape index (κ2) is 7.79. The highest BCUT2D eigenvalue weighted by Gasteiger charge is 2.12. The van der Waals surface area contributed by atoms with Crippen LogP contribution in [0.5, 0.6) is 0 Å². The van der Waals surface area contributed by atoms with E-state index in [0.717, 1.165) is 19.4 Å². The third-order valence-corrected chi connectivity index (χ3v) is 4.55. The van der Waals surface area contributed by atoms with Gasteiger partial charge in [0.05, 0.1) is 5.75 Å². The van der Waals surface area contributed by atoms with E-state index in [1.807, 2.05) is 0 Å². The van der Waals surface area contributed by atoms with Gasteiger partial charge in [0.2, 0.25) is 0 Å². The van der Waals surface area contributed by atoms with E-state index in [1.54, 1.807) is 0 Å². The maximum Gasteiger partial charge on any atom is 0.147 e. The van der Waals surface area contributed by atoms with Crippen LogP contribution in [-0.2, 0) is 16.3 Å². The van der Waals surface area contributed by atoms with Gasteiger partial charge in [-0.05, 0) is 56.3 Å². The van der Waals surface area contributed by atoms with Gasteiger partial charge in [-0.3, -0.25) is 0 Å². The lowest BCUT2D eigenvalue weighted by Crippen LogP contribution is -2.33. The van der Waals surface area contributed by atoms with Crippen molar-refractivity contribution in [3.05, 3.63) is 34.9 Å². The van der Waals surface area contributed by atoms with Gasteiger partial charge in [-0.15, -0.1) is 0 Å². The minimum atomic E-state index is -2.89. The van der Waals surface area contributed by atoms with Crippen LogP contribution in [0.1, 0.15) is 36.5 Å². The molecule has 0 spiro atoms. The van der Waals surface area contributed by atoms with Crippen LogP contribution in [0, 0.1) is 13.8 Å². The molecule has 1 unspecified atom stereocenters. The average Bonchev–Trinajstić information content (AvgIpc) is 2.36. The first-order valence-electron chi connectivity index (χ1n) is 7.29. The summed E-state index contributed by atoms with van der Waals surface area (Å²) in [7, 11) is -2.89. The number of hydrogen-bond donors (Lipinski definition) is 1. The van der Waals surface area contributed by atoms with E-state index in [0.29, 0.717) is 6.42 Å². The Labute approximate surface area is 123 Å². The van der Waals surface area contributed by atoms with E-state index in [4.69, 9.17) is 0 Å². The van der Waals surface area contributed by atoms with Crippen molar-refractivity contribution in [3.63, 3.8) is 0 Å². The fourth-order valence-corrected chi connectivity index (χ4v) is 2.91. The Kier molecular flexibility index (Phi) is 6.69. The smallest absolute Gasteiger partial charge is 0.147 e. The summed E-state index contributed by atoms with van der Waals surface area (Å²) in [5.41, 5.74) is 3.86. The van der Waals surface area contributed by atoms with E-state index in [2.05, 4.69) is 44.3 Å². The molecule has 0 fully saturated rings. The van der Waals surface area contributed by atoms with Crippen LogP contribution >= 0.6 is 0 Å². The number of nitrogens with one attached hydrogen (secondary N) is 1. The number of rotatable bonds is 8. The van der Waals surface area contributed by atoms with Crippen LogP contribution in [0.25, 0.3) is 0 Å². The minimum absolute atomic E-state index is 0.229. The Balaban J connectivity index is 2.69. The van der Waals surface area contributed by atoms with E-state index in [-0.39, 0.29) is 11.8 Å². The van der Waals surface area contributed by atoms with Gasteiger partial charge in [-0.25, -0.2) is 8.42 Å². The summed E-state index contributed by atoms with van der Waals surface area (Å²) in [6.45, 7) is 7.27. The predicted octanol–water partition coefficient (Wildman–Crippen LogP) is 2.65. The molecule has 20 heavy (non-hydrogen) atoms. The number of aryl methyl sites for hydroxylation is 2. The predicted molar refractivity (Wildman–Crippen MR) is 86.0 cm³/mol. The quantitative estimate of drug-likeness (QED) is 0.802. The summed E-state index contributed by atoms with van der Waals surface area (Å²) >= 11 is 0. The Morgan fingerprint density at radius 1 is 1.20 bits per heavy atom. The number of hydrogen-bond acceptors (Lipinski definition) is 3. The van der Waals surface area contributed by atoms with Crippen LogP contribution in [0.4, 0.5) is 0 Å². The standard InChI is InChI=1S/C16H27NO2S/c1-5-9-17-16(8-10-20(4,18)19)12-15-7-6-13(2)14(3)11-15/h6-7,11,16-17H,5,8-10,12H2,1-4H3. The first-order chi connectivity index (χ1) is 9.31. The second-order valence-electron chi connectivity index (χ2n) is 5.69. The van der Waals surface area contributed by atoms with E-state index in [1.165, 1.54) is 22.9 Å². The van der Waals surface area contributed by atoms with Crippen molar-refractivity contribution in [2.75, 3.05) is 18.6 Å². The molecule has 1 aromatic rings. The first-order valence-corrected chi connectivity index (χ1v) is 9.35. The van der Waals surface area contributed by atoms with Crippen molar-refractivity contribution < 1.29 is 8.42 Å². The van der Waals surface area contributed by atoms with E-state index >= 15 is 0 Å². The highest BCUT2D eigenvalue weighted by atomic mass is 32.2. The van der Waals surface area contributed by atoms with Crippen LogP contribution < -0.4 is 5.32 Å². The summed E-state index contributed by atoms with van der Waals surface area (Å²) in [5.74, 6) is 0.249. The molecular weight excluding hydrogens is 270 g/mol. The van der Waals surface area contributed by atoms with Crippen molar-refractivity contribution in [2.24, 2.45) is 0 Å². The van der Waals surface area contributed by atoms with Crippen molar-refractivity contribution in [1.82, 2.24) is 5.32 Å². The SMILES string of the molecule is CCCNC(CCS(C)(=O)=O)Cc1ccc(C)c(C)c1. The molecule has 1 rings (SSSR count). The van der Waals surface area contributed by atoms with Crippen LogP contribution in [0.15, 0.2) is 18.2 Å². The van der Waals surface area contributed by atoms with Crippen molar-refractivity contribution in [2.45, 2.75) is 46.1 Å². The van der Waals surface area contributed by atoms with Crippen LogP contribution in [-0.4, -0.2) is 33.0 Å². The van der Waals surface area contributed by atoms with Crippen LogP contribution in [0.2, 0.25) is 0 Å². The first kappa shape index (κ1) is 17.2. The lowest BCUT2D eigenvalue weighted by atomic mass is 9.99. The topological polar surface area (TPSA) is 46.2 Å². The molecule has 0 amide bonds. The molecule has 1 N–H and O–H groups in total. The van der Waals surface area contributed by atoms with Crippen molar-refractivity contribution in [3.8, 4) is 0 Å². The number of sulfone groups is 1. The summed E-state index contributed by atoms with van der Waals surface area (Å²) in [4.78, 5) is 0. The Bertz CT molecular complexity index is 523. The second-order valence-corrected chi connectivity index (χ2v) is 7.95. The summed E-state index contributed by atoms with van der Waals surface area (Å²) in [6, 6.07) is 6.71. The molecule has 0 saturated heterocycles. The lowest BCUT2D eigenvalue weighted by molar-refractivity contribution is 0.491. The third kappa shape index (κ3) is 6.53. The molecule has 114 valence electrons. The molecule has 0 aromatic heterocycles. The molecule has 3 nitrogen and oxygen atoms in total. The zero-order chi connectivity index (χ0) is 15.2. The lowest BCUT2D eigenvalue weighted by Gasteiger charge is -2.19. The maximum absolute atomic E-state index is 11.3. The molecule has 1 aromatic carbocycles. The Morgan fingerprint density at radius 3 is 2.45 bits per heavy atom. The minimum Gasteiger partial charge on any atom is -0.314 e. The molecule has 0 bridgehead atoms. The van der Waals surface area contributed by atoms with Crippen molar-refractivity contribution >= 4 is 9.84 Å². The zero-order valence-electron chi connectivity index (χ0n) is 13.1. The molecule has 0 radical (unpaired) electrons. The van der Waals surface area contributed by atoms with E-state index < -0.39 is 9.84 Å². The monoisotopic (exact) mass is 297 g/mol. The number of benzene rings is 1. The fourth-order valence-electron chi connectivity index (χ4n) is 2.20. The molecule has 4 heteroatoms. The maximum atomic E-state index is 11.3. The summed E-state index contributed by atoms with van der Waals surface area (Å²) in [5, 5.41) is 3.46. The van der Waals surface area contributed by atoms with E-state index in [9.17, 15) is 8.42 Å². The van der Waals surface area contributed by atoms with Gasteiger partial charge in [0, 0.05) is 12.3 Å². The molecule has 0 saturated carbocycles. The highest BCUT2D eigenvalue weighted by molar-refractivity contribution is 7.90. The Morgan fingerprint density at radius 2 is 1.90 bits per heavy atom. The Hall–Kier alpha value is -0.870. The molecule has 1 atom stereocenters. The van der Waals surface area contributed by atoms with Gasteiger partial charge in [0.1, 0.15) is 9.84 Å². The largest absolute Gasteiger partial charge is 0.314 e. The molecular formula is C16H27NO2S. The van der Waals surface area contributed by atoms with Gasteiger partial charge in [-0.2, -0.15) is 0 Å². The fraction of sp³-hybridized carbons (Fsp3) is 0.625. The molecule has 0 aliphatic carbocycles. The van der Waals surface area contributed by atoms with Gasteiger partial charge >= 0.3 is 0 Å². The average molecular weight is 297 g/mol. The summed E-state index contributed by atoms with van der Waals surface area (Å²) < 4.78 is 22.7. The molecule has 0 aliphatic heterocycles. The van der Waals surface area contributed by atoms with Gasteiger partial charge in [-0.1, -0.05) is 25.1 Å². The van der Waals surface area contributed by atoms with Gasteiger partial charge in [0.15, 0.2) is 0 Å². The highest BCUT2D eigenvalue weighted by Crippen LogP contribution is 2.13. The normalized spacial score (nSPS) is 13.4. The van der Waals surface area contributed by atoms with Crippen molar-refractivity contribution in [1.29, 1.82) is 0 Å². The zero-order valence-corrected chi connectivity index (χ0v) is 13.9. The summed E-state index contributed by atoms with van der Waals surface area (Å²) in [6.07, 6.45) is 3.92.